The summed E-state index contributed by atoms with van der Waals surface area (Å²) in [7, 11) is 0. The molecule has 3 heteroatoms. The summed E-state index contributed by atoms with van der Waals surface area (Å²) in [6.45, 7) is 0. The van der Waals surface area contributed by atoms with Crippen LogP contribution < -0.4 is 0 Å². The zero-order valence-corrected chi connectivity index (χ0v) is 14.7. The molecule has 0 aromatic heterocycles. The Morgan fingerprint density at radius 2 is 1.46 bits per heavy atom. The van der Waals surface area contributed by atoms with E-state index in [0.29, 0.717) is 11.5 Å². The number of carboxylic acid groups (broad SMARTS) is 1. The van der Waals surface area contributed by atoms with E-state index in [4.69, 9.17) is 5.11 Å². The minimum atomic E-state index is -0.851. The first kappa shape index (κ1) is 18.1. The molecule has 134 valence electrons. The molecule has 0 amide bonds. The Kier molecular flexibility index (Phi) is 6.00. The van der Waals surface area contributed by atoms with Gasteiger partial charge in [0.05, 0.1) is 5.57 Å². The van der Waals surface area contributed by atoms with Crippen molar-refractivity contribution in [1.82, 2.24) is 0 Å². The minimum Gasteiger partial charge on any atom is -0.478 e. The molecule has 0 heterocycles. The lowest BCUT2D eigenvalue weighted by molar-refractivity contribution is -0.132. The standard InChI is InChI=1S/C23H23FO2/c24-22-15-11-20(12-16-22)8-6-18-3-1-17(2-4-18)5-7-19-9-13-21(14-10-19)23(25)26/h1-4,9,11-16,19H,5-8,10H2,(H,25,26). The molecule has 1 aliphatic carbocycles. The molecule has 0 fully saturated rings. The average molecular weight is 350 g/mol. The van der Waals surface area contributed by atoms with E-state index in [0.717, 1.165) is 37.7 Å². The molecule has 0 spiro atoms. The maximum atomic E-state index is 12.9. The number of aliphatic carboxylic acids is 1. The molecule has 0 saturated carbocycles. The third-order valence-electron chi connectivity index (χ3n) is 4.88. The molecule has 2 nitrogen and oxygen atoms in total. The summed E-state index contributed by atoms with van der Waals surface area (Å²) < 4.78 is 12.9. The average Bonchev–Trinajstić information content (AvgIpc) is 2.67. The number of allylic oxidation sites excluding steroid dienone is 2. The van der Waals surface area contributed by atoms with Gasteiger partial charge in [-0.05, 0) is 66.8 Å². The number of rotatable bonds is 7. The molecule has 1 aliphatic rings. The molecule has 26 heavy (non-hydrogen) atoms. The minimum absolute atomic E-state index is 0.194. The lowest BCUT2D eigenvalue weighted by Gasteiger charge is -2.14. The molecule has 2 aromatic rings. The number of carbonyl (C=O) groups is 1. The Bertz CT molecular complexity index is 801. The first-order valence-corrected chi connectivity index (χ1v) is 9.04. The normalized spacial score (nSPS) is 16.3. The Morgan fingerprint density at radius 1 is 0.923 bits per heavy atom. The van der Waals surface area contributed by atoms with Crippen molar-refractivity contribution in [2.45, 2.75) is 32.1 Å². The van der Waals surface area contributed by atoms with Crippen molar-refractivity contribution in [3.05, 3.63) is 94.8 Å². The van der Waals surface area contributed by atoms with Gasteiger partial charge in [-0.15, -0.1) is 0 Å². The highest BCUT2D eigenvalue weighted by Gasteiger charge is 2.12. The summed E-state index contributed by atoms with van der Waals surface area (Å²) in [5.74, 6) is -0.632. The quantitative estimate of drug-likeness (QED) is 0.751. The summed E-state index contributed by atoms with van der Waals surface area (Å²) in [4.78, 5) is 10.9. The van der Waals surface area contributed by atoms with E-state index in [9.17, 15) is 9.18 Å². The van der Waals surface area contributed by atoms with Crippen LogP contribution in [0.25, 0.3) is 0 Å². The second kappa shape index (κ2) is 8.61. The van der Waals surface area contributed by atoms with Crippen molar-refractivity contribution >= 4 is 5.97 Å². The smallest absolute Gasteiger partial charge is 0.335 e. The van der Waals surface area contributed by atoms with E-state index in [-0.39, 0.29) is 5.82 Å². The Labute approximate surface area is 153 Å². The van der Waals surface area contributed by atoms with Gasteiger partial charge in [0, 0.05) is 0 Å². The third-order valence-corrected chi connectivity index (χ3v) is 4.88. The Balaban J connectivity index is 1.45. The van der Waals surface area contributed by atoms with Crippen LogP contribution in [-0.2, 0) is 24.1 Å². The molecule has 0 saturated heterocycles. The number of benzene rings is 2. The maximum absolute atomic E-state index is 12.9. The van der Waals surface area contributed by atoms with E-state index < -0.39 is 5.97 Å². The van der Waals surface area contributed by atoms with Gasteiger partial charge in [-0.3, -0.25) is 0 Å². The van der Waals surface area contributed by atoms with Gasteiger partial charge in [0.25, 0.3) is 0 Å². The van der Waals surface area contributed by atoms with E-state index in [1.54, 1.807) is 6.08 Å². The summed E-state index contributed by atoms with van der Waals surface area (Å²) >= 11 is 0. The first-order valence-electron chi connectivity index (χ1n) is 9.04. The van der Waals surface area contributed by atoms with Crippen molar-refractivity contribution in [2.75, 3.05) is 0 Å². The third kappa shape index (κ3) is 5.16. The number of halogens is 1. The predicted octanol–water partition coefficient (Wildman–Crippen LogP) is 5.13. The van der Waals surface area contributed by atoms with Gasteiger partial charge in [-0.1, -0.05) is 54.6 Å². The van der Waals surface area contributed by atoms with Crippen molar-refractivity contribution in [2.24, 2.45) is 5.92 Å². The lowest BCUT2D eigenvalue weighted by atomic mass is 9.91. The number of carboxylic acids is 1. The van der Waals surface area contributed by atoms with Crippen molar-refractivity contribution < 1.29 is 14.3 Å². The van der Waals surface area contributed by atoms with Gasteiger partial charge in [-0.25, -0.2) is 9.18 Å². The number of aryl methyl sites for hydroxylation is 3. The van der Waals surface area contributed by atoms with Gasteiger partial charge < -0.3 is 5.11 Å². The molecule has 1 atom stereocenters. The molecule has 0 aliphatic heterocycles. The fourth-order valence-corrected chi connectivity index (χ4v) is 3.20. The molecule has 3 rings (SSSR count). The van der Waals surface area contributed by atoms with Gasteiger partial charge in [0.1, 0.15) is 5.82 Å². The van der Waals surface area contributed by atoms with E-state index in [1.165, 1.54) is 23.3 Å². The highest BCUT2D eigenvalue weighted by atomic mass is 19.1. The number of hydrogen-bond donors (Lipinski definition) is 1. The second-order valence-electron chi connectivity index (χ2n) is 6.80. The SMILES string of the molecule is O=C(O)C1=CCC(CCc2ccc(CCc3ccc(F)cc3)cc2)C=C1. The Hall–Kier alpha value is -2.68. The lowest BCUT2D eigenvalue weighted by Crippen LogP contribution is -2.06. The van der Waals surface area contributed by atoms with Crippen LogP contribution in [0.3, 0.4) is 0 Å². The molecular formula is C23H23FO2. The fourth-order valence-electron chi connectivity index (χ4n) is 3.20. The summed E-state index contributed by atoms with van der Waals surface area (Å²) in [5.41, 5.74) is 4.13. The molecule has 0 bridgehead atoms. The van der Waals surface area contributed by atoms with Crippen LogP contribution in [0, 0.1) is 11.7 Å². The zero-order valence-electron chi connectivity index (χ0n) is 14.7. The fraction of sp³-hybridized carbons (Fsp3) is 0.261. The van der Waals surface area contributed by atoms with Crippen LogP contribution in [0.5, 0.6) is 0 Å². The number of hydrogen-bond acceptors (Lipinski definition) is 1. The monoisotopic (exact) mass is 350 g/mol. The van der Waals surface area contributed by atoms with Crippen molar-refractivity contribution in [3.63, 3.8) is 0 Å². The topological polar surface area (TPSA) is 37.3 Å². The van der Waals surface area contributed by atoms with Gasteiger partial charge in [0.2, 0.25) is 0 Å². The van der Waals surface area contributed by atoms with Crippen LogP contribution in [-0.4, -0.2) is 11.1 Å². The maximum Gasteiger partial charge on any atom is 0.335 e. The molecule has 0 radical (unpaired) electrons. The molecule has 1 N–H and O–H groups in total. The van der Waals surface area contributed by atoms with E-state index in [1.807, 2.05) is 24.3 Å². The van der Waals surface area contributed by atoms with Crippen molar-refractivity contribution in [3.8, 4) is 0 Å². The highest BCUT2D eigenvalue weighted by Crippen LogP contribution is 2.22. The first-order chi connectivity index (χ1) is 12.6. The van der Waals surface area contributed by atoms with E-state index >= 15 is 0 Å². The van der Waals surface area contributed by atoms with Crippen LogP contribution in [0.2, 0.25) is 0 Å². The van der Waals surface area contributed by atoms with Crippen LogP contribution >= 0.6 is 0 Å². The summed E-state index contributed by atoms with van der Waals surface area (Å²) in [5, 5.41) is 8.95. The molecule has 2 aromatic carbocycles. The van der Waals surface area contributed by atoms with Gasteiger partial charge in [0.15, 0.2) is 0 Å². The van der Waals surface area contributed by atoms with Crippen molar-refractivity contribution in [1.29, 1.82) is 0 Å². The van der Waals surface area contributed by atoms with Gasteiger partial charge >= 0.3 is 5.97 Å². The highest BCUT2D eigenvalue weighted by molar-refractivity contribution is 5.90. The second-order valence-corrected chi connectivity index (χ2v) is 6.80. The Morgan fingerprint density at radius 3 is 1.96 bits per heavy atom. The zero-order chi connectivity index (χ0) is 18.4. The summed E-state index contributed by atoms with van der Waals surface area (Å²) in [6, 6.07) is 15.4. The van der Waals surface area contributed by atoms with E-state index in [2.05, 4.69) is 24.3 Å². The van der Waals surface area contributed by atoms with Crippen LogP contribution in [0.15, 0.2) is 72.3 Å². The molecule has 1 unspecified atom stereocenters. The van der Waals surface area contributed by atoms with Crippen LogP contribution in [0.4, 0.5) is 4.39 Å². The predicted molar refractivity (Wildman–Crippen MR) is 102 cm³/mol. The molecular weight excluding hydrogens is 327 g/mol. The largest absolute Gasteiger partial charge is 0.478 e. The van der Waals surface area contributed by atoms with Crippen LogP contribution in [0.1, 0.15) is 29.5 Å². The van der Waals surface area contributed by atoms with Gasteiger partial charge in [-0.2, -0.15) is 0 Å². The summed E-state index contributed by atoms with van der Waals surface area (Å²) in [6.07, 6.45) is 10.2.